The SMILES string of the molecule is CCC(CC)c1ccc(C=Nc2cc(C)ccc2C)cc1. The normalized spacial score (nSPS) is 11.5. The van der Waals surface area contributed by atoms with Gasteiger partial charge in [-0.2, -0.15) is 0 Å². The van der Waals surface area contributed by atoms with E-state index in [4.69, 9.17) is 0 Å². The van der Waals surface area contributed by atoms with Crippen LogP contribution in [0.15, 0.2) is 47.5 Å². The number of hydrogen-bond acceptors (Lipinski definition) is 1. The van der Waals surface area contributed by atoms with Crippen molar-refractivity contribution in [1.82, 2.24) is 0 Å². The second-order valence-electron chi connectivity index (χ2n) is 5.73. The molecule has 0 aliphatic heterocycles. The molecule has 2 aromatic rings. The van der Waals surface area contributed by atoms with Crippen molar-refractivity contribution < 1.29 is 0 Å². The molecule has 110 valence electrons. The van der Waals surface area contributed by atoms with Gasteiger partial charge >= 0.3 is 0 Å². The van der Waals surface area contributed by atoms with Crippen molar-refractivity contribution in [3.8, 4) is 0 Å². The highest BCUT2D eigenvalue weighted by molar-refractivity contribution is 5.82. The molecular formula is C20H25N. The maximum absolute atomic E-state index is 4.63. The van der Waals surface area contributed by atoms with Crippen LogP contribution in [-0.2, 0) is 0 Å². The standard InChI is InChI=1S/C20H25N/c1-5-18(6-2)19-11-9-17(10-12-19)14-21-20-13-15(3)7-8-16(20)4/h7-14,18H,5-6H2,1-4H3. The van der Waals surface area contributed by atoms with Gasteiger partial charge in [-0.3, -0.25) is 4.99 Å². The fourth-order valence-corrected chi connectivity index (χ4v) is 2.62. The molecule has 0 bridgehead atoms. The van der Waals surface area contributed by atoms with Crippen LogP contribution in [0.1, 0.15) is 54.9 Å². The lowest BCUT2D eigenvalue weighted by atomic mass is 9.93. The molecule has 1 heteroatoms. The van der Waals surface area contributed by atoms with Gasteiger partial charge in [-0.1, -0.05) is 50.2 Å². The minimum atomic E-state index is 0.676. The van der Waals surface area contributed by atoms with Gasteiger partial charge in [-0.25, -0.2) is 0 Å². The molecule has 0 aliphatic carbocycles. The lowest BCUT2D eigenvalue weighted by Gasteiger charge is -2.12. The van der Waals surface area contributed by atoms with Gasteiger partial charge in [0.1, 0.15) is 0 Å². The Labute approximate surface area is 128 Å². The molecule has 0 spiro atoms. The summed E-state index contributed by atoms with van der Waals surface area (Å²) >= 11 is 0. The first-order chi connectivity index (χ1) is 10.1. The first kappa shape index (κ1) is 15.5. The van der Waals surface area contributed by atoms with Gasteiger partial charge < -0.3 is 0 Å². The van der Waals surface area contributed by atoms with E-state index in [0.29, 0.717) is 5.92 Å². The Morgan fingerprint density at radius 1 is 0.952 bits per heavy atom. The molecule has 0 atom stereocenters. The number of aryl methyl sites for hydroxylation is 2. The molecule has 0 saturated heterocycles. The highest BCUT2D eigenvalue weighted by atomic mass is 14.7. The average Bonchev–Trinajstić information content (AvgIpc) is 2.51. The van der Waals surface area contributed by atoms with Crippen LogP contribution in [0.5, 0.6) is 0 Å². The molecule has 2 aromatic carbocycles. The van der Waals surface area contributed by atoms with Crippen molar-refractivity contribution in [3.63, 3.8) is 0 Å². The highest BCUT2D eigenvalue weighted by Crippen LogP contribution is 2.23. The van der Waals surface area contributed by atoms with Crippen LogP contribution in [0.25, 0.3) is 0 Å². The zero-order chi connectivity index (χ0) is 15.2. The van der Waals surface area contributed by atoms with Crippen LogP contribution in [-0.4, -0.2) is 6.21 Å². The third kappa shape index (κ3) is 4.04. The van der Waals surface area contributed by atoms with Crippen LogP contribution in [0.2, 0.25) is 0 Å². The van der Waals surface area contributed by atoms with Gasteiger partial charge in [0.2, 0.25) is 0 Å². The molecule has 0 radical (unpaired) electrons. The predicted octanol–water partition coefficient (Wildman–Crippen LogP) is 5.96. The van der Waals surface area contributed by atoms with E-state index in [1.54, 1.807) is 0 Å². The zero-order valence-electron chi connectivity index (χ0n) is 13.6. The Bertz CT molecular complexity index is 604. The fourth-order valence-electron chi connectivity index (χ4n) is 2.62. The van der Waals surface area contributed by atoms with Crippen LogP contribution >= 0.6 is 0 Å². The van der Waals surface area contributed by atoms with E-state index in [1.807, 2.05) is 6.21 Å². The van der Waals surface area contributed by atoms with E-state index in [2.05, 4.69) is 75.2 Å². The zero-order valence-corrected chi connectivity index (χ0v) is 13.6. The smallest absolute Gasteiger partial charge is 0.0661 e. The van der Waals surface area contributed by atoms with Crippen LogP contribution in [0, 0.1) is 13.8 Å². The molecule has 0 fully saturated rings. The number of benzene rings is 2. The Morgan fingerprint density at radius 2 is 1.62 bits per heavy atom. The lowest BCUT2D eigenvalue weighted by molar-refractivity contribution is 0.642. The van der Waals surface area contributed by atoms with Gasteiger partial charge in [-0.15, -0.1) is 0 Å². The van der Waals surface area contributed by atoms with E-state index in [0.717, 1.165) is 11.3 Å². The molecule has 0 aromatic heterocycles. The summed E-state index contributed by atoms with van der Waals surface area (Å²) in [4.78, 5) is 4.63. The maximum Gasteiger partial charge on any atom is 0.0661 e. The summed E-state index contributed by atoms with van der Waals surface area (Å²) in [5.41, 5.74) is 6.11. The Morgan fingerprint density at radius 3 is 2.24 bits per heavy atom. The maximum atomic E-state index is 4.63. The fraction of sp³-hybridized carbons (Fsp3) is 0.350. The Kier molecular flexibility index (Phi) is 5.32. The van der Waals surface area contributed by atoms with Crippen molar-refractivity contribution in [3.05, 3.63) is 64.7 Å². The minimum absolute atomic E-state index is 0.676. The van der Waals surface area contributed by atoms with Crippen molar-refractivity contribution in [2.45, 2.75) is 46.5 Å². The van der Waals surface area contributed by atoms with Crippen LogP contribution in [0.3, 0.4) is 0 Å². The summed E-state index contributed by atoms with van der Waals surface area (Å²) in [5.74, 6) is 0.676. The van der Waals surface area contributed by atoms with Crippen molar-refractivity contribution in [2.24, 2.45) is 4.99 Å². The summed E-state index contributed by atoms with van der Waals surface area (Å²) in [7, 11) is 0. The molecular weight excluding hydrogens is 254 g/mol. The molecule has 1 nitrogen and oxygen atoms in total. The second-order valence-corrected chi connectivity index (χ2v) is 5.73. The molecule has 0 unspecified atom stereocenters. The molecule has 0 saturated carbocycles. The lowest BCUT2D eigenvalue weighted by Crippen LogP contribution is -1.95. The van der Waals surface area contributed by atoms with Crippen LogP contribution < -0.4 is 0 Å². The van der Waals surface area contributed by atoms with Crippen molar-refractivity contribution >= 4 is 11.9 Å². The summed E-state index contributed by atoms with van der Waals surface area (Å²) < 4.78 is 0. The third-order valence-corrected chi connectivity index (χ3v) is 4.11. The Balaban J connectivity index is 2.16. The van der Waals surface area contributed by atoms with E-state index in [9.17, 15) is 0 Å². The predicted molar refractivity (Wildman–Crippen MR) is 92.9 cm³/mol. The molecule has 0 N–H and O–H groups in total. The number of hydrogen-bond donors (Lipinski definition) is 0. The topological polar surface area (TPSA) is 12.4 Å². The number of rotatable bonds is 5. The van der Waals surface area contributed by atoms with Crippen LogP contribution in [0.4, 0.5) is 5.69 Å². The molecule has 0 amide bonds. The monoisotopic (exact) mass is 279 g/mol. The van der Waals surface area contributed by atoms with E-state index in [1.165, 1.54) is 29.5 Å². The minimum Gasteiger partial charge on any atom is -0.256 e. The van der Waals surface area contributed by atoms with E-state index in [-0.39, 0.29) is 0 Å². The van der Waals surface area contributed by atoms with Crippen molar-refractivity contribution in [2.75, 3.05) is 0 Å². The van der Waals surface area contributed by atoms with Gasteiger partial charge in [-0.05, 0) is 60.9 Å². The highest BCUT2D eigenvalue weighted by Gasteiger charge is 2.05. The van der Waals surface area contributed by atoms with E-state index < -0.39 is 0 Å². The number of aliphatic imine (C=N–C) groups is 1. The summed E-state index contributed by atoms with van der Waals surface area (Å²) in [6.07, 6.45) is 4.36. The quantitative estimate of drug-likeness (QED) is 0.599. The summed E-state index contributed by atoms with van der Waals surface area (Å²) in [6, 6.07) is 15.2. The number of nitrogens with zero attached hydrogens (tertiary/aromatic N) is 1. The first-order valence-corrected chi connectivity index (χ1v) is 7.85. The van der Waals surface area contributed by atoms with Gasteiger partial charge in [0.05, 0.1) is 5.69 Å². The van der Waals surface area contributed by atoms with Gasteiger partial charge in [0.25, 0.3) is 0 Å². The van der Waals surface area contributed by atoms with Crippen molar-refractivity contribution in [1.29, 1.82) is 0 Å². The largest absolute Gasteiger partial charge is 0.256 e. The first-order valence-electron chi connectivity index (χ1n) is 7.85. The molecule has 2 rings (SSSR count). The summed E-state index contributed by atoms with van der Waals surface area (Å²) in [6.45, 7) is 8.71. The molecule has 0 aliphatic rings. The molecule has 21 heavy (non-hydrogen) atoms. The molecule has 0 heterocycles. The third-order valence-electron chi connectivity index (χ3n) is 4.11. The van der Waals surface area contributed by atoms with Gasteiger partial charge in [0.15, 0.2) is 0 Å². The summed E-state index contributed by atoms with van der Waals surface area (Å²) in [5, 5.41) is 0. The Hall–Kier alpha value is -1.89. The average molecular weight is 279 g/mol. The van der Waals surface area contributed by atoms with Gasteiger partial charge in [0, 0.05) is 6.21 Å². The second kappa shape index (κ2) is 7.21. The van der Waals surface area contributed by atoms with E-state index >= 15 is 0 Å².